The summed E-state index contributed by atoms with van der Waals surface area (Å²) in [5, 5.41) is 5.09. The average molecular weight is 715 g/mol. The Morgan fingerprint density at radius 3 is 2.00 bits per heavy atom. The van der Waals surface area contributed by atoms with Crippen molar-refractivity contribution in [2.45, 2.75) is 71.4 Å². The molecule has 1 N–H and O–H groups in total. The molecule has 8 heteroatoms. The number of hydrogen-bond donors (Lipinski definition) is 1. The number of carbonyl (C=O) groups is 2. The number of hydrogen-bond acceptors (Lipinski definition) is 6. The largest absolute Gasteiger partial charge is 0.488 e. The van der Waals surface area contributed by atoms with Gasteiger partial charge >= 0.3 is 6.09 Å². The summed E-state index contributed by atoms with van der Waals surface area (Å²) in [5.41, 5.74) is 6.01. The summed E-state index contributed by atoms with van der Waals surface area (Å²) >= 11 is 0. The van der Waals surface area contributed by atoms with Gasteiger partial charge in [0.1, 0.15) is 24.0 Å². The van der Waals surface area contributed by atoms with E-state index in [1.807, 2.05) is 107 Å². The Morgan fingerprint density at radius 2 is 1.36 bits per heavy atom. The van der Waals surface area contributed by atoms with Gasteiger partial charge in [0, 0.05) is 32.1 Å². The number of rotatable bonds is 15. The zero-order valence-corrected chi connectivity index (χ0v) is 31.3. The Bertz CT molecular complexity index is 1950. The SMILES string of the molecule is CCOC(CN(Cc1cccc2ccccc12)C(=O)[C@H](Cc1ccc(OC(C)(C)C)cc1)NC(=O)OCC1c2ccccc2-c2ccccc21)OCC. The average Bonchev–Trinajstić information content (AvgIpc) is 3.47. The van der Waals surface area contributed by atoms with E-state index >= 15 is 0 Å². The van der Waals surface area contributed by atoms with Crippen molar-refractivity contribution in [3.05, 3.63) is 138 Å². The summed E-state index contributed by atoms with van der Waals surface area (Å²) in [4.78, 5) is 30.3. The number of carbonyl (C=O) groups excluding carboxylic acids is 2. The third kappa shape index (κ3) is 9.44. The van der Waals surface area contributed by atoms with Crippen LogP contribution < -0.4 is 10.1 Å². The lowest BCUT2D eigenvalue weighted by molar-refractivity contribution is -0.160. The number of amides is 2. The van der Waals surface area contributed by atoms with Gasteiger partial charge in [0.05, 0.1) is 6.54 Å². The van der Waals surface area contributed by atoms with E-state index in [1.165, 1.54) is 0 Å². The first-order valence-corrected chi connectivity index (χ1v) is 18.5. The standard InChI is InChI=1S/C45H50N2O6/c1-6-50-42(51-7-2)29-47(28-33-17-14-16-32-15-8-9-18-35(32)33)43(48)41(27-31-23-25-34(26-24-31)53-45(3,4)5)46-44(49)52-30-40-38-21-12-10-19-36(38)37-20-11-13-22-39(37)40/h8-26,40-42H,6-7,27-30H2,1-5H3,(H,46,49)/t41-/m0/s1. The monoisotopic (exact) mass is 714 g/mol. The van der Waals surface area contributed by atoms with Crippen LogP contribution >= 0.6 is 0 Å². The molecule has 1 aliphatic rings. The van der Waals surface area contributed by atoms with Crippen LogP contribution in [0, 0.1) is 0 Å². The van der Waals surface area contributed by atoms with Crippen LogP contribution in [0.2, 0.25) is 0 Å². The molecule has 0 saturated heterocycles. The fourth-order valence-electron chi connectivity index (χ4n) is 7.06. The second kappa shape index (κ2) is 17.1. The summed E-state index contributed by atoms with van der Waals surface area (Å²) in [6, 6.07) is 37.3. The molecule has 0 aromatic heterocycles. The summed E-state index contributed by atoms with van der Waals surface area (Å²) in [5.74, 6) is 0.340. The summed E-state index contributed by atoms with van der Waals surface area (Å²) in [6.07, 6.45) is -1.07. The molecule has 1 aliphatic carbocycles. The predicted octanol–water partition coefficient (Wildman–Crippen LogP) is 8.89. The van der Waals surface area contributed by atoms with E-state index in [4.69, 9.17) is 18.9 Å². The molecule has 0 radical (unpaired) electrons. The molecule has 2 amide bonds. The van der Waals surface area contributed by atoms with Crippen molar-refractivity contribution in [1.82, 2.24) is 10.2 Å². The van der Waals surface area contributed by atoms with Gasteiger partial charge in [0.15, 0.2) is 6.29 Å². The Kier molecular flexibility index (Phi) is 12.1. The highest BCUT2D eigenvalue weighted by atomic mass is 16.7. The Labute approximate surface area is 313 Å². The summed E-state index contributed by atoms with van der Waals surface area (Å²) < 4.78 is 23.9. The maximum Gasteiger partial charge on any atom is 0.407 e. The van der Waals surface area contributed by atoms with Crippen LogP contribution in [-0.4, -0.2) is 61.2 Å². The van der Waals surface area contributed by atoms with E-state index in [2.05, 4.69) is 47.8 Å². The summed E-state index contributed by atoms with van der Waals surface area (Å²) in [6.45, 7) is 11.2. The van der Waals surface area contributed by atoms with Crippen molar-refractivity contribution >= 4 is 22.8 Å². The van der Waals surface area contributed by atoms with Gasteiger partial charge in [-0.05, 0) is 90.9 Å². The molecular formula is C45H50N2O6. The first kappa shape index (κ1) is 37.6. The van der Waals surface area contributed by atoms with Gasteiger partial charge in [-0.15, -0.1) is 0 Å². The van der Waals surface area contributed by atoms with Crippen LogP contribution in [0.3, 0.4) is 0 Å². The molecule has 0 bridgehead atoms. The molecule has 0 spiro atoms. The lowest BCUT2D eigenvalue weighted by atomic mass is 9.98. The predicted molar refractivity (Wildman–Crippen MR) is 209 cm³/mol. The lowest BCUT2D eigenvalue weighted by Gasteiger charge is -2.31. The van der Waals surface area contributed by atoms with Crippen LogP contribution in [0.4, 0.5) is 4.79 Å². The minimum atomic E-state index is -0.945. The van der Waals surface area contributed by atoms with Crippen LogP contribution in [-0.2, 0) is 32.0 Å². The zero-order valence-electron chi connectivity index (χ0n) is 31.3. The molecule has 1 atom stereocenters. The number of alkyl carbamates (subject to hydrolysis) is 1. The minimum Gasteiger partial charge on any atom is -0.488 e. The van der Waals surface area contributed by atoms with Crippen molar-refractivity contribution in [3.8, 4) is 16.9 Å². The molecule has 0 aliphatic heterocycles. The molecule has 0 fully saturated rings. The highest BCUT2D eigenvalue weighted by Crippen LogP contribution is 2.44. The van der Waals surface area contributed by atoms with Gasteiger partial charge in [0.2, 0.25) is 5.91 Å². The molecule has 0 unspecified atom stereocenters. The molecule has 0 saturated carbocycles. The Morgan fingerprint density at radius 1 is 0.755 bits per heavy atom. The molecular weight excluding hydrogens is 665 g/mol. The molecule has 6 rings (SSSR count). The fourth-order valence-corrected chi connectivity index (χ4v) is 7.06. The first-order chi connectivity index (χ1) is 25.6. The van der Waals surface area contributed by atoms with Crippen LogP contribution in [0.15, 0.2) is 115 Å². The van der Waals surface area contributed by atoms with Gasteiger partial charge in [-0.3, -0.25) is 4.79 Å². The highest BCUT2D eigenvalue weighted by molar-refractivity contribution is 5.88. The van der Waals surface area contributed by atoms with Crippen LogP contribution in [0.5, 0.6) is 5.75 Å². The van der Waals surface area contributed by atoms with Crippen molar-refractivity contribution < 1.29 is 28.5 Å². The Hall–Kier alpha value is -5.18. The Balaban J connectivity index is 1.28. The quantitative estimate of drug-likeness (QED) is 0.109. The number of nitrogens with zero attached hydrogens (tertiary/aromatic N) is 1. The lowest BCUT2D eigenvalue weighted by Crippen LogP contribution is -2.51. The molecule has 5 aromatic carbocycles. The minimum absolute atomic E-state index is 0.112. The summed E-state index contributed by atoms with van der Waals surface area (Å²) in [7, 11) is 0. The second-order valence-corrected chi connectivity index (χ2v) is 14.3. The first-order valence-electron chi connectivity index (χ1n) is 18.5. The van der Waals surface area contributed by atoms with Gasteiger partial charge in [-0.2, -0.15) is 0 Å². The molecule has 0 heterocycles. The van der Waals surface area contributed by atoms with Crippen LogP contribution in [0.25, 0.3) is 21.9 Å². The van der Waals surface area contributed by atoms with Crippen molar-refractivity contribution in [1.29, 1.82) is 0 Å². The number of nitrogens with one attached hydrogen (secondary N) is 1. The van der Waals surface area contributed by atoms with Gasteiger partial charge in [-0.1, -0.05) is 103 Å². The van der Waals surface area contributed by atoms with Gasteiger partial charge < -0.3 is 29.2 Å². The van der Waals surface area contributed by atoms with Crippen LogP contribution in [0.1, 0.15) is 62.8 Å². The fraction of sp³-hybridized carbons (Fsp3) is 0.333. The molecule has 276 valence electrons. The van der Waals surface area contributed by atoms with E-state index in [9.17, 15) is 9.59 Å². The van der Waals surface area contributed by atoms with E-state index in [0.29, 0.717) is 13.2 Å². The molecule has 53 heavy (non-hydrogen) atoms. The smallest absolute Gasteiger partial charge is 0.407 e. The molecule has 8 nitrogen and oxygen atoms in total. The van der Waals surface area contributed by atoms with E-state index in [1.54, 1.807) is 4.90 Å². The van der Waals surface area contributed by atoms with E-state index in [-0.39, 0.29) is 43.5 Å². The van der Waals surface area contributed by atoms with Crippen molar-refractivity contribution in [2.24, 2.45) is 0 Å². The number of fused-ring (bicyclic) bond motifs is 4. The van der Waals surface area contributed by atoms with Crippen molar-refractivity contribution in [3.63, 3.8) is 0 Å². The highest BCUT2D eigenvalue weighted by Gasteiger charge is 2.32. The second-order valence-electron chi connectivity index (χ2n) is 14.3. The van der Waals surface area contributed by atoms with Gasteiger partial charge in [0.25, 0.3) is 0 Å². The van der Waals surface area contributed by atoms with E-state index in [0.717, 1.165) is 49.9 Å². The number of benzene rings is 5. The number of ether oxygens (including phenoxy) is 4. The maximum absolute atomic E-state index is 14.8. The molecule has 5 aromatic rings. The normalized spacial score (nSPS) is 13.0. The third-order valence-electron chi connectivity index (χ3n) is 9.35. The van der Waals surface area contributed by atoms with Gasteiger partial charge in [-0.25, -0.2) is 4.79 Å². The van der Waals surface area contributed by atoms with Crippen molar-refractivity contribution in [2.75, 3.05) is 26.4 Å². The van der Waals surface area contributed by atoms with E-state index < -0.39 is 18.4 Å². The third-order valence-corrected chi connectivity index (χ3v) is 9.35. The topological polar surface area (TPSA) is 86.3 Å². The zero-order chi connectivity index (χ0) is 37.4. The maximum atomic E-state index is 14.8.